The molecule has 0 aliphatic carbocycles. The summed E-state index contributed by atoms with van der Waals surface area (Å²) in [5, 5.41) is 0.188. The zero-order chi connectivity index (χ0) is 20.7. The predicted octanol–water partition coefficient (Wildman–Crippen LogP) is 2.01. The Bertz CT molecular complexity index is 728. The monoisotopic (exact) mass is 411 g/mol. The number of ether oxygens (including phenoxy) is 2. The van der Waals surface area contributed by atoms with Crippen molar-refractivity contribution in [2.75, 3.05) is 39.9 Å². The predicted molar refractivity (Wildman–Crippen MR) is 103 cm³/mol. The number of esters is 1. The van der Waals surface area contributed by atoms with E-state index in [0.29, 0.717) is 38.6 Å². The van der Waals surface area contributed by atoms with Crippen molar-refractivity contribution in [3.63, 3.8) is 0 Å². The molecule has 0 N–H and O–H groups in total. The number of aromatic nitrogens is 1. The average Bonchev–Trinajstić information content (AvgIpc) is 2.69. The summed E-state index contributed by atoms with van der Waals surface area (Å²) in [7, 11) is 1.51. The summed E-state index contributed by atoms with van der Waals surface area (Å²) in [4.78, 5) is 44.2. The Balaban J connectivity index is 2.00. The van der Waals surface area contributed by atoms with Gasteiger partial charge in [0, 0.05) is 26.2 Å². The van der Waals surface area contributed by atoms with Gasteiger partial charge in [-0.05, 0) is 32.8 Å². The second-order valence-corrected chi connectivity index (χ2v) is 6.91. The lowest BCUT2D eigenvalue weighted by atomic mass is 9.98. The van der Waals surface area contributed by atoms with Gasteiger partial charge in [-0.3, -0.25) is 14.4 Å². The zero-order valence-electron chi connectivity index (χ0n) is 16.4. The third kappa shape index (κ3) is 5.58. The molecular formula is C19H26ClN3O5. The Labute approximate surface area is 169 Å². The first kappa shape index (κ1) is 21.9. The van der Waals surface area contributed by atoms with Crippen LogP contribution in [0.3, 0.4) is 0 Å². The Hall–Kier alpha value is -2.35. The molecule has 2 heterocycles. The molecule has 1 aliphatic rings. The minimum atomic E-state index is -0.473. The van der Waals surface area contributed by atoms with Crippen molar-refractivity contribution in [1.82, 2.24) is 14.8 Å². The van der Waals surface area contributed by atoms with Crippen molar-refractivity contribution >= 4 is 29.4 Å². The van der Waals surface area contributed by atoms with E-state index in [4.69, 9.17) is 21.1 Å². The molecule has 0 saturated carbocycles. The second-order valence-electron chi connectivity index (χ2n) is 6.51. The number of pyridine rings is 1. The molecule has 1 aromatic heterocycles. The number of halogens is 1. The number of carbonyl (C=O) groups is 3. The number of nitrogens with zero attached hydrogens (tertiary/aromatic N) is 3. The average molecular weight is 412 g/mol. The number of piperidine rings is 1. The molecule has 154 valence electrons. The highest BCUT2D eigenvalue weighted by molar-refractivity contribution is 6.33. The fraction of sp³-hybridized carbons (Fsp3) is 0.579. The van der Waals surface area contributed by atoms with E-state index in [-0.39, 0.29) is 35.1 Å². The number of hydrogen-bond acceptors (Lipinski definition) is 6. The molecule has 0 spiro atoms. The molecule has 0 radical (unpaired) electrons. The van der Waals surface area contributed by atoms with Gasteiger partial charge in [0.15, 0.2) is 5.69 Å². The molecule has 28 heavy (non-hydrogen) atoms. The van der Waals surface area contributed by atoms with Crippen LogP contribution < -0.4 is 4.74 Å². The summed E-state index contributed by atoms with van der Waals surface area (Å²) >= 11 is 6.09. The maximum absolute atomic E-state index is 12.7. The molecule has 1 fully saturated rings. The van der Waals surface area contributed by atoms with Crippen molar-refractivity contribution in [3.8, 4) is 5.88 Å². The van der Waals surface area contributed by atoms with E-state index in [1.807, 2.05) is 6.92 Å². The number of amides is 2. The maximum Gasteiger partial charge on any atom is 0.310 e. The van der Waals surface area contributed by atoms with E-state index in [1.165, 1.54) is 18.0 Å². The molecule has 2 amide bonds. The summed E-state index contributed by atoms with van der Waals surface area (Å²) in [6.07, 6.45) is 1.41. The fourth-order valence-corrected chi connectivity index (χ4v) is 3.20. The van der Waals surface area contributed by atoms with Gasteiger partial charge in [0.2, 0.25) is 11.8 Å². The molecule has 2 rings (SSSR count). The SMILES string of the molecule is CCOC(=O)[C@H]1CCCN(C(=O)CN(C)C(=O)c2nc(OCC)ccc2Cl)C1. The van der Waals surface area contributed by atoms with Gasteiger partial charge in [0.1, 0.15) is 0 Å². The Morgan fingerprint density at radius 2 is 2.04 bits per heavy atom. The van der Waals surface area contributed by atoms with Gasteiger partial charge in [-0.15, -0.1) is 0 Å². The summed E-state index contributed by atoms with van der Waals surface area (Å²) < 4.78 is 10.4. The molecule has 0 unspecified atom stereocenters. The van der Waals surface area contributed by atoms with E-state index in [2.05, 4.69) is 4.98 Å². The number of likely N-dealkylation sites (N-methyl/N-ethyl adjacent to an activating group) is 1. The number of likely N-dealkylation sites (tertiary alicyclic amines) is 1. The van der Waals surface area contributed by atoms with Gasteiger partial charge in [0.25, 0.3) is 5.91 Å². The first-order valence-electron chi connectivity index (χ1n) is 9.36. The van der Waals surface area contributed by atoms with E-state index in [9.17, 15) is 14.4 Å². The van der Waals surface area contributed by atoms with Crippen LogP contribution in [-0.4, -0.2) is 72.5 Å². The first-order valence-corrected chi connectivity index (χ1v) is 9.74. The molecule has 1 aliphatic heterocycles. The Morgan fingerprint density at radius 1 is 1.29 bits per heavy atom. The molecule has 9 heteroatoms. The van der Waals surface area contributed by atoms with Crippen molar-refractivity contribution in [2.45, 2.75) is 26.7 Å². The van der Waals surface area contributed by atoms with Crippen LogP contribution in [0, 0.1) is 5.92 Å². The lowest BCUT2D eigenvalue weighted by Crippen LogP contribution is -2.47. The Kier molecular flexibility index (Phi) is 8.04. The van der Waals surface area contributed by atoms with E-state index in [1.54, 1.807) is 17.9 Å². The van der Waals surface area contributed by atoms with Crippen LogP contribution in [0.4, 0.5) is 0 Å². The van der Waals surface area contributed by atoms with Crippen molar-refractivity contribution in [3.05, 3.63) is 22.8 Å². The normalized spacial score (nSPS) is 16.4. The minimum Gasteiger partial charge on any atom is -0.478 e. The lowest BCUT2D eigenvalue weighted by Gasteiger charge is -2.32. The molecule has 1 saturated heterocycles. The topological polar surface area (TPSA) is 89.0 Å². The van der Waals surface area contributed by atoms with Gasteiger partial charge in [-0.1, -0.05) is 11.6 Å². The highest BCUT2D eigenvalue weighted by atomic mass is 35.5. The van der Waals surface area contributed by atoms with E-state index in [0.717, 1.165) is 6.42 Å². The van der Waals surface area contributed by atoms with E-state index >= 15 is 0 Å². The number of rotatable bonds is 7. The standard InChI is InChI=1S/C19H26ClN3O5/c1-4-27-15-9-8-14(20)17(21-15)18(25)22(3)12-16(24)23-10-6-7-13(11-23)19(26)28-5-2/h8-9,13H,4-7,10-12H2,1-3H3/t13-/m0/s1. The minimum absolute atomic E-state index is 0.0333. The Morgan fingerprint density at radius 3 is 2.71 bits per heavy atom. The maximum atomic E-state index is 12.7. The summed E-state index contributed by atoms with van der Waals surface area (Å²) in [6, 6.07) is 3.12. The van der Waals surface area contributed by atoms with Crippen molar-refractivity contribution in [1.29, 1.82) is 0 Å². The number of hydrogen-bond donors (Lipinski definition) is 0. The zero-order valence-corrected chi connectivity index (χ0v) is 17.2. The summed E-state index contributed by atoms with van der Waals surface area (Å²) in [5.41, 5.74) is 0.0333. The molecule has 0 aromatic carbocycles. The van der Waals surface area contributed by atoms with Gasteiger partial charge in [-0.25, -0.2) is 4.98 Å². The van der Waals surface area contributed by atoms with Crippen molar-refractivity contribution in [2.24, 2.45) is 5.92 Å². The van der Waals surface area contributed by atoms with Gasteiger partial charge in [-0.2, -0.15) is 0 Å². The first-order chi connectivity index (χ1) is 13.4. The van der Waals surface area contributed by atoms with Crippen LogP contribution in [-0.2, 0) is 14.3 Å². The van der Waals surface area contributed by atoms with Gasteiger partial charge < -0.3 is 19.3 Å². The second kappa shape index (κ2) is 10.3. The summed E-state index contributed by atoms with van der Waals surface area (Å²) in [5.74, 6) is -1.02. The molecular weight excluding hydrogens is 386 g/mol. The van der Waals surface area contributed by atoms with Crippen LogP contribution >= 0.6 is 11.6 Å². The van der Waals surface area contributed by atoms with Crippen LogP contribution in [0.15, 0.2) is 12.1 Å². The largest absolute Gasteiger partial charge is 0.478 e. The molecule has 8 nitrogen and oxygen atoms in total. The third-order valence-electron chi connectivity index (χ3n) is 4.43. The van der Waals surface area contributed by atoms with Gasteiger partial charge >= 0.3 is 5.97 Å². The quantitative estimate of drug-likeness (QED) is 0.637. The van der Waals surface area contributed by atoms with Crippen molar-refractivity contribution < 1.29 is 23.9 Å². The van der Waals surface area contributed by atoms with Crippen LogP contribution in [0.2, 0.25) is 5.02 Å². The highest BCUT2D eigenvalue weighted by Gasteiger charge is 2.30. The fourth-order valence-electron chi connectivity index (χ4n) is 3.01. The van der Waals surface area contributed by atoms with Crippen LogP contribution in [0.25, 0.3) is 0 Å². The lowest BCUT2D eigenvalue weighted by molar-refractivity contribution is -0.151. The third-order valence-corrected chi connectivity index (χ3v) is 4.73. The molecule has 0 bridgehead atoms. The summed E-state index contributed by atoms with van der Waals surface area (Å²) in [6.45, 7) is 5.01. The molecule has 1 aromatic rings. The van der Waals surface area contributed by atoms with Crippen LogP contribution in [0.1, 0.15) is 37.2 Å². The highest BCUT2D eigenvalue weighted by Crippen LogP contribution is 2.21. The van der Waals surface area contributed by atoms with E-state index < -0.39 is 5.91 Å². The smallest absolute Gasteiger partial charge is 0.310 e. The molecule has 1 atom stereocenters. The van der Waals surface area contributed by atoms with Crippen LogP contribution in [0.5, 0.6) is 5.88 Å². The van der Waals surface area contributed by atoms with Gasteiger partial charge in [0.05, 0.1) is 30.7 Å². The number of carbonyl (C=O) groups excluding carboxylic acids is 3.